The van der Waals surface area contributed by atoms with Gasteiger partial charge in [0.1, 0.15) is 0 Å². The minimum atomic E-state index is 0.644. The van der Waals surface area contributed by atoms with Crippen LogP contribution in [0.4, 0.5) is 5.95 Å². The van der Waals surface area contributed by atoms with Crippen molar-refractivity contribution in [3.8, 4) is 0 Å². The fraction of sp³-hybridized carbons (Fsp3) is 0.500. The third kappa shape index (κ3) is 3.33. The Kier molecular flexibility index (Phi) is 4.68. The van der Waals surface area contributed by atoms with Crippen LogP contribution < -0.4 is 5.32 Å². The van der Waals surface area contributed by atoms with Gasteiger partial charge >= 0.3 is 0 Å². The quantitative estimate of drug-likeness (QED) is 0.871. The summed E-state index contributed by atoms with van der Waals surface area (Å²) in [5.41, 5.74) is 4.24. The lowest BCUT2D eigenvalue weighted by atomic mass is 10.2. The molecule has 0 aliphatic heterocycles. The first-order valence-electron chi connectivity index (χ1n) is 6.65. The van der Waals surface area contributed by atoms with E-state index in [2.05, 4.69) is 24.8 Å². The molecule has 6 nitrogen and oxygen atoms in total. The van der Waals surface area contributed by atoms with Crippen LogP contribution in [0.3, 0.4) is 0 Å². The van der Waals surface area contributed by atoms with E-state index in [0.717, 1.165) is 29.2 Å². The molecule has 0 atom stereocenters. The van der Waals surface area contributed by atoms with Crippen LogP contribution in [0.15, 0.2) is 12.5 Å². The Hall–Kier alpha value is -1.95. The van der Waals surface area contributed by atoms with Crippen molar-refractivity contribution in [1.29, 1.82) is 0 Å². The van der Waals surface area contributed by atoms with Gasteiger partial charge in [-0.05, 0) is 26.3 Å². The molecule has 0 saturated carbocycles. The molecule has 0 aliphatic rings. The van der Waals surface area contributed by atoms with Gasteiger partial charge in [0.2, 0.25) is 5.95 Å². The average Bonchev–Trinajstić information content (AvgIpc) is 2.87. The van der Waals surface area contributed by atoms with Gasteiger partial charge in [-0.2, -0.15) is 0 Å². The number of hydrogen-bond acceptors (Lipinski definition) is 5. The monoisotopic (exact) mass is 275 g/mol. The number of aryl methyl sites for hydroxylation is 2. The minimum Gasteiger partial charge on any atom is -0.383 e. The zero-order valence-corrected chi connectivity index (χ0v) is 12.5. The minimum absolute atomic E-state index is 0.644. The van der Waals surface area contributed by atoms with Gasteiger partial charge in [-0.25, -0.2) is 15.0 Å². The Morgan fingerprint density at radius 2 is 1.90 bits per heavy atom. The molecule has 0 radical (unpaired) electrons. The molecule has 1 N–H and O–H groups in total. The predicted octanol–water partition coefficient (Wildman–Crippen LogP) is 1.86. The zero-order valence-electron chi connectivity index (χ0n) is 12.5. The van der Waals surface area contributed by atoms with E-state index in [9.17, 15) is 0 Å². The molecule has 2 heterocycles. The number of nitrogens with one attached hydrogen (secondary N) is 1. The number of methoxy groups -OCH3 is 1. The first-order chi connectivity index (χ1) is 9.61. The summed E-state index contributed by atoms with van der Waals surface area (Å²) in [6.45, 7) is 8.14. The van der Waals surface area contributed by atoms with Gasteiger partial charge in [0.15, 0.2) is 0 Å². The van der Waals surface area contributed by atoms with Crippen molar-refractivity contribution >= 4 is 5.95 Å². The van der Waals surface area contributed by atoms with Crippen molar-refractivity contribution in [2.75, 3.05) is 19.0 Å². The van der Waals surface area contributed by atoms with Crippen molar-refractivity contribution in [2.45, 2.75) is 33.9 Å². The second kappa shape index (κ2) is 6.47. The molecular weight excluding hydrogens is 254 g/mol. The van der Waals surface area contributed by atoms with Crippen molar-refractivity contribution < 1.29 is 4.74 Å². The van der Waals surface area contributed by atoms with Crippen molar-refractivity contribution in [3.05, 3.63) is 35.2 Å². The number of rotatable bonds is 6. The van der Waals surface area contributed by atoms with Gasteiger partial charge in [0, 0.05) is 31.2 Å². The zero-order chi connectivity index (χ0) is 14.5. The van der Waals surface area contributed by atoms with E-state index in [1.54, 1.807) is 7.11 Å². The topological polar surface area (TPSA) is 64.9 Å². The summed E-state index contributed by atoms with van der Waals surface area (Å²) in [4.78, 5) is 13.1. The summed E-state index contributed by atoms with van der Waals surface area (Å²) in [5.74, 6) is 0.657. The van der Waals surface area contributed by atoms with Crippen LogP contribution in [0.5, 0.6) is 0 Å². The lowest BCUT2D eigenvalue weighted by molar-refractivity contribution is 0.186. The van der Waals surface area contributed by atoms with E-state index >= 15 is 0 Å². The van der Waals surface area contributed by atoms with Crippen LogP contribution in [0.2, 0.25) is 0 Å². The number of nitrogens with zero attached hydrogens (tertiary/aromatic N) is 4. The van der Waals surface area contributed by atoms with E-state index in [4.69, 9.17) is 4.74 Å². The predicted molar refractivity (Wildman–Crippen MR) is 77.7 cm³/mol. The van der Waals surface area contributed by atoms with E-state index in [-0.39, 0.29) is 0 Å². The highest BCUT2D eigenvalue weighted by Gasteiger charge is 2.06. The molecule has 2 rings (SSSR count). The largest absolute Gasteiger partial charge is 0.383 e. The van der Waals surface area contributed by atoms with Crippen LogP contribution in [-0.4, -0.2) is 33.2 Å². The molecule has 0 aliphatic carbocycles. The fourth-order valence-electron chi connectivity index (χ4n) is 1.91. The van der Waals surface area contributed by atoms with Crippen LogP contribution in [0, 0.1) is 20.8 Å². The average molecular weight is 275 g/mol. The number of aromatic nitrogens is 4. The molecule has 0 bridgehead atoms. The Morgan fingerprint density at radius 3 is 2.55 bits per heavy atom. The summed E-state index contributed by atoms with van der Waals surface area (Å²) in [5, 5.41) is 3.25. The van der Waals surface area contributed by atoms with Gasteiger partial charge in [0.05, 0.1) is 25.2 Å². The van der Waals surface area contributed by atoms with E-state index in [1.807, 2.05) is 33.3 Å². The smallest absolute Gasteiger partial charge is 0.223 e. The second-order valence-electron chi connectivity index (χ2n) is 4.77. The summed E-state index contributed by atoms with van der Waals surface area (Å²) >= 11 is 0. The lowest BCUT2D eigenvalue weighted by Gasteiger charge is -2.11. The first-order valence-corrected chi connectivity index (χ1v) is 6.65. The highest BCUT2D eigenvalue weighted by Crippen LogP contribution is 2.11. The maximum Gasteiger partial charge on any atom is 0.223 e. The van der Waals surface area contributed by atoms with Gasteiger partial charge in [0.25, 0.3) is 0 Å². The number of anilines is 1. The van der Waals surface area contributed by atoms with Crippen molar-refractivity contribution in [1.82, 2.24) is 19.5 Å². The first kappa shape index (κ1) is 14.5. The number of imidazole rings is 1. The Balaban J connectivity index is 2.04. The molecule has 0 unspecified atom stereocenters. The van der Waals surface area contributed by atoms with Gasteiger partial charge in [-0.15, -0.1) is 0 Å². The maximum absolute atomic E-state index is 5.08. The Labute approximate surface area is 119 Å². The van der Waals surface area contributed by atoms with Crippen molar-refractivity contribution in [3.63, 3.8) is 0 Å². The highest BCUT2D eigenvalue weighted by atomic mass is 16.5. The second-order valence-corrected chi connectivity index (χ2v) is 4.77. The Morgan fingerprint density at radius 1 is 1.20 bits per heavy atom. The molecule has 0 saturated heterocycles. The van der Waals surface area contributed by atoms with Gasteiger partial charge < -0.3 is 14.6 Å². The molecule has 0 amide bonds. The molecule has 6 heteroatoms. The summed E-state index contributed by atoms with van der Waals surface area (Å²) in [6, 6.07) is 0. The third-order valence-corrected chi connectivity index (χ3v) is 3.40. The normalized spacial score (nSPS) is 10.8. The molecular formula is C14H21N5O. The van der Waals surface area contributed by atoms with Gasteiger partial charge in [-0.1, -0.05) is 0 Å². The molecule has 20 heavy (non-hydrogen) atoms. The highest BCUT2D eigenvalue weighted by molar-refractivity contribution is 5.33. The van der Waals surface area contributed by atoms with Crippen LogP contribution >= 0.6 is 0 Å². The molecule has 108 valence electrons. The summed E-state index contributed by atoms with van der Waals surface area (Å²) in [7, 11) is 1.69. The number of hydrogen-bond donors (Lipinski definition) is 1. The Bertz CT molecular complexity index is 556. The summed E-state index contributed by atoms with van der Waals surface area (Å²) in [6.07, 6.45) is 3.65. The van der Waals surface area contributed by atoms with Gasteiger partial charge in [-0.3, -0.25) is 0 Å². The SMILES string of the molecule is COCCn1cncc1CNc1nc(C)c(C)c(C)n1. The molecule has 0 aromatic carbocycles. The summed E-state index contributed by atoms with van der Waals surface area (Å²) < 4.78 is 7.14. The van der Waals surface area contributed by atoms with E-state index in [0.29, 0.717) is 19.1 Å². The van der Waals surface area contributed by atoms with E-state index < -0.39 is 0 Å². The van der Waals surface area contributed by atoms with Crippen molar-refractivity contribution in [2.24, 2.45) is 0 Å². The molecule has 2 aromatic heterocycles. The van der Waals surface area contributed by atoms with E-state index in [1.165, 1.54) is 0 Å². The number of ether oxygens (including phenoxy) is 1. The van der Waals surface area contributed by atoms with Crippen LogP contribution in [0.25, 0.3) is 0 Å². The molecule has 0 spiro atoms. The third-order valence-electron chi connectivity index (χ3n) is 3.40. The fourth-order valence-corrected chi connectivity index (χ4v) is 1.91. The lowest BCUT2D eigenvalue weighted by Crippen LogP contribution is -2.12. The maximum atomic E-state index is 5.08. The molecule has 0 fully saturated rings. The molecule has 2 aromatic rings. The van der Waals surface area contributed by atoms with Crippen LogP contribution in [0.1, 0.15) is 22.6 Å². The standard InChI is InChI=1S/C14H21N5O/c1-10-11(2)17-14(18-12(10)3)16-8-13-7-15-9-19(13)5-6-20-4/h7,9H,5-6,8H2,1-4H3,(H,16,17,18). The van der Waals surface area contributed by atoms with Crippen LogP contribution in [-0.2, 0) is 17.8 Å².